The molecule has 0 aliphatic rings. The van der Waals surface area contributed by atoms with Crippen LogP contribution in [0, 0.1) is 0 Å². The maximum atomic E-state index is 11.8. The Morgan fingerprint density at radius 3 is 2.17 bits per heavy atom. The first kappa shape index (κ1) is 12.3. The van der Waals surface area contributed by atoms with Gasteiger partial charge in [-0.1, -0.05) is 48.5 Å². The van der Waals surface area contributed by atoms with Gasteiger partial charge in [0.1, 0.15) is 0 Å². The summed E-state index contributed by atoms with van der Waals surface area (Å²) in [6, 6.07) is 18.2. The largest absolute Gasteiger partial charge is 0.387 e. The Hall–Kier alpha value is -2.13. The molecule has 2 N–H and O–H groups in total. The molecule has 0 aliphatic carbocycles. The molecule has 0 aliphatic heterocycles. The van der Waals surface area contributed by atoms with E-state index in [9.17, 15) is 9.90 Å². The molecule has 3 nitrogen and oxygen atoms in total. The SMILES string of the molecule is O=C(NC[C@@H](O)c1ccccc1)c1ccccc1. The molecule has 3 heteroatoms. The van der Waals surface area contributed by atoms with E-state index >= 15 is 0 Å². The summed E-state index contributed by atoms with van der Waals surface area (Å²) in [5, 5.41) is 12.6. The van der Waals surface area contributed by atoms with Gasteiger partial charge in [0, 0.05) is 12.1 Å². The van der Waals surface area contributed by atoms with Crippen LogP contribution < -0.4 is 5.32 Å². The molecule has 0 bridgehead atoms. The van der Waals surface area contributed by atoms with Crippen LogP contribution in [-0.2, 0) is 0 Å². The van der Waals surface area contributed by atoms with Gasteiger partial charge in [0.25, 0.3) is 5.91 Å². The van der Waals surface area contributed by atoms with E-state index in [4.69, 9.17) is 0 Å². The highest BCUT2D eigenvalue weighted by molar-refractivity contribution is 5.94. The molecule has 2 aromatic rings. The molecule has 0 saturated heterocycles. The molecule has 18 heavy (non-hydrogen) atoms. The fraction of sp³-hybridized carbons (Fsp3) is 0.133. The van der Waals surface area contributed by atoms with Crippen LogP contribution in [0.25, 0.3) is 0 Å². The molecule has 2 aromatic carbocycles. The van der Waals surface area contributed by atoms with Crippen molar-refractivity contribution in [2.75, 3.05) is 6.54 Å². The van der Waals surface area contributed by atoms with E-state index in [1.165, 1.54) is 0 Å². The van der Waals surface area contributed by atoms with E-state index < -0.39 is 6.10 Å². The summed E-state index contributed by atoms with van der Waals surface area (Å²) in [5.41, 5.74) is 1.39. The molecule has 1 amide bonds. The van der Waals surface area contributed by atoms with Gasteiger partial charge in [-0.25, -0.2) is 0 Å². The average molecular weight is 241 g/mol. The van der Waals surface area contributed by atoms with E-state index in [-0.39, 0.29) is 12.5 Å². The smallest absolute Gasteiger partial charge is 0.251 e. The van der Waals surface area contributed by atoms with Crippen molar-refractivity contribution in [1.29, 1.82) is 0 Å². The summed E-state index contributed by atoms with van der Waals surface area (Å²) in [6.45, 7) is 0.206. The Bertz CT molecular complexity index is 496. The summed E-state index contributed by atoms with van der Waals surface area (Å²) in [7, 11) is 0. The van der Waals surface area contributed by atoms with Crippen molar-refractivity contribution in [3.63, 3.8) is 0 Å². The van der Waals surface area contributed by atoms with Gasteiger partial charge < -0.3 is 10.4 Å². The van der Waals surface area contributed by atoms with Crippen LogP contribution in [0.5, 0.6) is 0 Å². The Labute approximate surface area is 106 Å². The topological polar surface area (TPSA) is 49.3 Å². The minimum Gasteiger partial charge on any atom is -0.387 e. The number of carbonyl (C=O) groups is 1. The van der Waals surface area contributed by atoms with Gasteiger partial charge in [0.2, 0.25) is 0 Å². The summed E-state index contributed by atoms with van der Waals surface area (Å²) in [4.78, 5) is 11.8. The van der Waals surface area contributed by atoms with Crippen molar-refractivity contribution in [3.05, 3.63) is 71.8 Å². The predicted octanol–water partition coefficient (Wildman–Crippen LogP) is 2.15. The van der Waals surface area contributed by atoms with Crippen molar-refractivity contribution in [1.82, 2.24) is 5.32 Å². The average Bonchev–Trinajstić information content (AvgIpc) is 2.46. The standard InChI is InChI=1S/C15H15NO2/c17-14(12-7-3-1-4-8-12)11-16-15(18)13-9-5-2-6-10-13/h1-10,14,17H,11H2,(H,16,18)/t14-/m1/s1. The Morgan fingerprint density at radius 2 is 1.56 bits per heavy atom. The highest BCUT2D eigenvalue weighted by atomic mass is 16.3. The zero-order valence-corrected chi connectivity index (χ0v) is 9.91. The first-order valence-electron chi connectivity index (χ1n) is 5.83. The predicted molar refractivity (Wildman–Crippen MR) is 70.2 cm³/mol. The van der Waals surface area contributed by atoms with Crippen molar-refractivity contribution in [2.45, 2.75) is 6.10 Å². The van der Waals surface area contributed by atoms with E-state index in [0.717, 1.165) is 5.56 Å². The highest BCUT2D eigenvalue weighted by Gasteiger charge is 2.09. The molecule has 0 saturated carbocycles. The molecular weight excluding hydrogens is 226 g/mol. The number of hydrogen-bond acceptors (Lipinski definition) is 2. The maximum Gasteiger partial charge on any atom is 0.251 e. The molecule has 92 valence electrons. The van der Waals surface area contributed by atoms with E-state index in [2.05, 4.69) is 5.32 Å². The van der Waals surface area contributed by atoms with E-state index in [1.54, 1.807) is 12.1 Å². The van der Waals surface area contributed by atoms with Crippen molar-refractivity contribution >= 4 is 5.91 Å². The monoisotopic (exact) mass is 241 g/mol. The number of benzene rings is 2. The first-order valence-corrected chi connectivity index (χ1v) is 5.83. The molecule has 0 spiro atoms. The zero-order valence-electron chi connectivity index (χ0n) is 9.91. The lowest BCUT2D eigenvalue weighted by molar-refractivity contribution is 0.0916. The van der Waals surface area contributed by atoms with Gasteiger partial charge in [0.05, 0.1) is 6.10 Å². The lowest BCUT2D eigenvalue weighted by Gasteiger charge is -2.12. The third-order valence-corrected chi connectivity index (χ3v) is 2.68. The van der Waals surface area contributed by atoms with Crippen molar-refractivity contribution in [3.8, 4) is 0 Å². The van der Waals surface area contributed by atoms with E-state index in [1.807, 2.05) is 48.5 Å². The van der Waals surface area contributed by atoms with Gasteiger partial charge >= 0.3 is 0 Å². The summed E-state index contributed by atoms with van der Waals surface area (Å²) < 4.78 is 0. The second-order valence-electron chi connectivity index (χ2n) is 4.00. The fourth-order valence-corrected chi connectivity index (χ4v) is 1.67. The normalized spacial score (nSPS) is 11.8. The summed E-state index contributed by atoms with van der Waals surface area (Å²) in [5.74, 6) is -0.175. The van der Waals surface area contributed by atoms with Crippen LogP contribution in [0.15, 0.2) is 60.7 Å². The molecule has 0 fully saturated rings. The zero-order chi connectivity index (χ0) is 12.8. The second-order valence-corrected chi connectivity index (χ2v) is 4.00. The lowest BCUT2D eigenvalue weighted by Crippen LogP contribution is -2.28. The molecule has 0 aromatic heterocycles. The van der Waals surface area contributed by atoms with Crippen LogP contribution in [0.3, 0.4) is 0 Å². The first-order chi connectivity index (χ1) is 8.77. The van der Waals surface area contributed by atoms with Gasteiger partial charge in [0.15, 0.2) is 0 Å². The second kappa shape index (κ2) is 5.98. The number of hydrogen-bond donors (Lipinski definition) is 2. The van der Waals surface area contributed by atoms with Crippen LogP contribution in [0.4, 0.5) is 0 Å². The molecule has 2 rings (SSSR count). The summed E-state index contributed by atoms with van der Waals surface area (Å²) in [6.07, 6.45) is -0.682. The minimum atomic E-state index is -0.682. The van der Waals surface area contributed by atoms with Crippen molar-refractivity contribution in [2.24, 2.45) is 0 Å². The lowest BCUT2D eigenvalue weighted by atomic mass is 10.1. The van der Waals surface area contributed by atoms with Gasteiger partial charge in [-0.3, -0.25) is 4.79 Å². The Balaban J connectivity index is 1.91. The van der Waals surface area contributed by atoms with E-state index in [0.29, 0.717) is 5.56 Å². The number of aliphatic hydroxyl groups is 1. The number of rotatable bonds is 4. The number of carbonyl (C=O) groups excluding carboxylic acids is 1. The Morgan fingerprint density at radius 1 is 1.00 bits per heavy atom. The molecule has 1 atom stereocenters. The molecular formula is C15H15NO2. The molecule has 0 unspecified atom stereocenters. The fourth-order valence-electron chi connectivity index (χ4n) is 1.67. The third-order valence-electron chi connectivity index (χ3n) is 2.68. The highest BCUT2D eigenvalue weighted by Crippen LogP contribution is 2.10. The van der Waals surface area contributed by atoms with Gasteiger partial charge in [-0.15, -0.1) is 0 Å². The quantitative estimate of drug-likeness (QED) is 0.861. The number of amides is 1. The minimum absolute atomic E-state index is 0.175. The van der Waals surface area contributed by atoms with Gasteiger partial charge in [-0.2, -0.15) is 0 Å². The molecule has 0 radical (unpaired) electrons. The number of nitrogens with one attached hydrogen (secondary N) is 1. The Kier molecular flexibility index (Phi) is 4.10. The van der Waals surface area contributed by atoms with Crippen LogP contribution >= 0.6 is 0 Å². The van der Waals surface area contributed by atoms with Crippen LogP contribution in [-0.4, -0.2) is 17.6 Å². The van der Waals surface area contributed by atoms with Crippen LogP contribution in [0.1, 0.15) is 22.0 Å². The van der Waals surface area contributed by atoms with Gasteiger partial charge in [-0.05, 0) is 17.7 Å². The maximum absolute atomic E-state index is 11.8. The summed E-state index contributed by atoms with van der Waals surface area (Å²) >= 11 is 0. The van der Waals surface area contributed by atoms with Crippen molar-refractivity contribution < 1.29 is 9.90 Å². The molecule has 0 heterocycles. The number of aliphatic hydroxyl groups excluding tert-OH is 1. The third kappa shape index (κ3) is 3.18. The van der Waals surface area contributed by atoms with Crippen LogP contribution in [0.2, 0.25) is 0 Å².